The van der Waals surface area contributed by atoms with Gasteiger partial charge < -0.3 is 10.1 Å². The summed E-state index contributed by atoms with van der Waals surface area (Å²) in [5, 5.41) is 11.5. The molecule has 0 saturated heterocycles. The van der Waals surface area contributed by atoms with Crippen LogP contribution >= 0.6 is 0 Å². The van der Waals surface area contributed by atoms with Crippen LogP contribution in [-0.4, -0.2) is 25.7 Å². The first-order valence-corrected chi connectivity index (χ1v) is 6.51. The molecular formula is C15H16F2N2O2. The number of hydrogen-bond acceptors (Lipinski definition) is 3. The van der Waals surface area contributed by atoms with Crippen LogP contribution in [0.25, 0.3) is 6.08 Å². The van der Waals surface area contributed by atoms with E-state index in [1.807, 2.05) is 6.92 Å². The van der Waals surface area contributed by atoms with Crippen molar-refractivity contribution >= 4 is 12.0 Å². The van der Waals surface area contributed by atoms with Gasteiger partial charge in [0.2, 0.25) is 0 Å². The molecule has 112 valence electrons. The Labute approximate surface area is 122 Å². The van der Waals surface area contributed by atoms with Crippen LogP contribution in [0.4, 0.5) is 8.78 Å². The van der Waals surface area contributed by atoms with Gasteiger partial charge in [-0.15, -0.1) is 0 Å². The minimum Gasteiger partial charge on any atom is -0.382 e. The van der Waals surface area contributed by atoms with Crippen molar-refractivity contribution < 1.29 is 18.3 Å². The lowest BCUT2D eigenvalue weighted by atomic mass is 10.1. The zero-order valence-corrected chi connectivity index (χ0v) is 11.7. The van der Waals surface area contributed by atoms with E-state index >= 15 is 0 Å². The number of nitriles is 1. The molecule has 0 unspecified atom stereocenters. The number of carbonyl (C=O) groups is 1. The van der Waals surface area contributed by atoms with Crippen molar-refractivity contribution in [2.45, 2.75) is 13.3 Å². The summed E-state index contributed by atoms with van der Waals surface area (Å²) < 4.78 is 31.3. The van der Waals surface area contributed by atoms with Gasteiger partial charge in [-0.25, -0.2) is 8.78 Å². The fraction of sp³-hybridized carbons (Fsp3) is 0.333. The Morgan fingerprint density at radius 3 is 2.86 bits per heavy atom. The fourth-order valence-corrected chi connectivity index (χ4v) is 1.54. The van der Waals surface area contributed by atoms with E-state index < -0.39 is 17.5 Å². The Hall–Kier alpha value is -2.26. The summed E-state index contributed by atoms with van der Waals surface area (Å²) in [5.41, 5.74) is -0.255. The van der Waals surface area contributed by atoms with Crippen molar-refractivity contribution in [3.63, 3.8) is 0 Å². The van der Waals surface area contributed by atoms with Crippen LogP contribution in [0, 0.1) is 23.0 Å². The quantitative estimate of drug-likeness (QED) is 0.477. The average Bonchev–Trinajstić information content (AvgIpc) is 2.46. The maximum Gasteiger partial charge on any atom is 0.261 e. The minimum atomic E-state index is -0.827. The highest BCUT2D eigenvalue weighted by atomic mass is 19.1. The van der Waals surface area contributed by atoms with E-state index in [9.17, 15) is 13.6 Å². The lowest BCUT2D eigenvalue weighted by Crippen LogP contribution is -2.26. The third kappa shape index (κ3) is 5.71. The van der Waals surface area contributed by atoms with Crippen LogP contribution in [0.1, 0.15) is 18.9 Å². The summed E-state index contributed by atoms with van der Waals surface area (Å²) in [5.74, 6) is -2.15. The SMILES string of the molecule is CCOCCCNC(=O)/C(C#N)=C/c1ccc(F)cc1F. The van der Waals surface area contributed by atoms with Gasteiger partial charge >= 0.3 is 0 Å². The maximum absolute atomic E-state index is 13.5. The Kier molecular flexibility index (Phi) is 7.05. The van der Waals surface area contributed by atoms with Crippen LogP contribution in [0.2, 0.25) is 0 Å². The molecule has 1 aromatic rings. The van der Waals surface area contributed by atoms with E-state index in [2.05, 4.69) is 5.32 Å². The van der Waals surface area contributed by atoms with Crippen LogP contribution in [0.5, 0.6) is 0 Å². The van der Waals surface area contributed by atoms with Gasteiger partial charge in [-0.3, -0.25) is 4.79 Å². The Bertz CT molecular complexity index is 565. The number of nitrogens with zero attached hydrogens (tertiary/aromatic N) is 1. The summed E-state index contributed by atoms with van der Waals surface area (Å²) in [7, 11) is 0. The second kappa shape index (κ2) is 8.82. The number of nitrogens with one attached hydrogen (secondary N) is 1. The minimum absolute atomic E-state index is 0.0163. The summed E-state index contributed by atoms with van der Waals surface area (Å²) in [6.07, 6.45) is 1.70. The summed E-state index contributed by atoms with van der Waals surface area (Å²) in [6, 6.07) is 4.63. The first kappa shape index (κ1) is 16.8. The predicted molar refractivity (Wildman–Crippen MR) is 74.1 cm³/mol. The van der Waals surface area contributed by atoms with E-state index in [1.54, 1.807) is 6.07 Å². The van der Waals surface area contributed by atoms with Gasteiger partial charge in [0.1, 0.15) is 23.3 Å². The topological polar surface area (TPSA) is 62.1 Å². The van der Waals surface area contributed by atoms with Crippen LogP contribution in [0.15, 0.2) is 23.8 Å². The zero-order chi connectivity index (χ0) is 15.7. The zero-order valence-electron chi connectivity index (χ0n) is 11.7. The monoisotopic (exact) mass is 294 g/mol. The van der Waals surface area contributed by atoms with Gasteiger partial charge in [0.25, 0.3) is 5.91 Å². The lowest BCUT2D eigenvalue weighted by Gasteiger charge is -2.05. The van der Waals surface area contributed by atoms with Gasteiger partial charge in [0, 0.05) is 31.4 Å². The van der Waals surface area contributed by atoms with E-state index in [0.29, 0.717) is 32.2 Å². The molecule has 6 heteroatoms. The molecule has 0 fully saturated rings. The van der Waals surface area contributed by atoms with Gasteiger partial charge in [-0.1, -0.05) is 0 Å². The van der Waals surface area contributed by atoms with Gasteiger partial charge in [-0.2, -0.15) is 5.26 Å². The van der Waals surface area contributed by atoms with Crippen molar-refractivity contribution in [2.24, 2.45) is 0 Å². The van der Waals surface area contributed by atoms with Gasteiger partial charge in [0.05, 0.1) is 0 Å². The summed E-state index contributed by atoms with van der Waals surface area (Å²) in [4.78, 5) is 11.8. The fourth-order valence-electron chi connectivity index (χ4n) is 1.54. The first-order chi connectivity index (χ1) is 10.1. The van der Waals surface area contributed by atoms with Gasteiger partial charge in [0.15, 0.2) is 0 Å². The Morgan fingerprint density at radius 1 is 1.48 bits per heavy atom. The number of rotatable bonds is 7. The van der Waals surface area contributed by atoms with Crippen LogP contribution in [0.3, 0.4) is 0 Å². The molecule has 0 bridgehead atoms. The molecule has 1 aromatic carbocycles. The first-order valence-electron chi connectivity index (χ1n) is 6.51. The van der Waals surface area contributed by atoms with Crippen molar-refractivity contribution in [3.8, 4) is 6.07 Å². The third-order valence-corrected chi connectivity index (χ3v) is 2.58. The normalized spacial score (nSPS) is 11.0. The molecule has 0 aliphatic heterocycles. The standard InChI is InChI=1S/C15H16F2N2O2/c1-2-21-7-3-6-19-15(20)12(10-18)8-11-4-5-13(16)9-14(11)17/h4-5,8-9H,2-3,6-7H2,1H3,(H,19,20)/b12-8+. The number of ether oxygens (including phenoxy) is 1. The van der Waals surface area contributed by atoms with Crippen molar-refractivity contribution in [1.82, 2.24) is 5.32 Å². The van der Waals surface area contributed by atoms with Crippen molar-refractivity contribution in [3.05, 3.63) is 41.0 Å². The van der Waals surface area contributed by atoms with Crippen molar-refractivity contribution in [2.75, 3.05) is 19.8 Å². The predicted octanol–water partition coefficient (Wildman–Crippen LogP) is 2.41. The van der Waals surface area contributed by atoms with E-state index in [1.165, 1.54) is 6.07 Å². The second-order valence-electron chi connectivity index (χ2n) is 4.14. The smallest absolute Gasteiger partial charge is 0.261 e. The van der Waals surface area contributed by atoms with Crippen LogP contribution in [-0.2, 0) is 9.53 Å². The Morgan fingerprint density at radius 2 is 2.24 bits per heavy atom. The summed E-state index contributed by atoms with van der Waals surface area (Å²) in [6.45, 7) is 3.33. The maximum atomic E-state index is 13.5. The van der Waals surface area contributed by atoms with E-state index in [0.717, 1.165) is 12.1 Å². The molecule has 1 amide bonds. The highest BCUT2D eigenvalue weighted by molar-refractivity contribution is 6.01. The van der Waals surface area contributed by atoms with Crippen LogP contribution < -0.4 is 5.32 Å². The molecule has 0 aromatic heterocycles. The largest absolute Gasteiger partial charge is 0.382 e. The molecule has 0 saturated carbocycles. The molecule has 0 spiro atoms. The third-order valence-electron chi connectivity index (χ3n) is 2.58. The highest BCUT2D eigenvalue weighted by Gasteiger charge is 2.10. The molecule has 4 nitrogen and oxygen atoms in total. The molecule has 0 atom stereocenters. The second-order valence-corrected chi connectivity index (χ2v) is 4.14. The van der Waals surface area contributed by atoms with Gasteiger partial charge in [-0.05, 0) is 31.6 Å². The molecule has 0 heterocycles. The number of benzene rings is 1. The molecule has 1 N–H and O–H groups in total. The highest BCUT2D eigenvalue weighted by Crippen LogP contribution is 2.13. The van der Waals surface area contributed by atoms with E-state index in [4.69, 9.17) is 10.00 Å². The Balaban J connectivity index is 2.67. The molecule has 1 rings (SSSR count). The molecule has 21 heavy (non-hydrogen) atoms. The van der Waals surface area contributed by atoms with Crippen molar-refractivity contribution in [1.29, 1.82) is 5.26 Å². The number of halogens is 2. The molecule has 0 radical (unpaired) electrons. The average molecular weight is 294 g/mol. The number of hydrogen-bond donors (Lipinski definition) is 1. The summed E-state index contributed by atoms with van der Waals surface area (Å²) >= 11 is 0. The molecule has 0 aliphatic rings. The van der Waals surface area contributed by atoms with E-state index in [-0.39, 0.29) is 11.1 Å². The number of carbonyl (C=O) groups excluding carboxylic acids is 1. The lowest BCUT2D eigenvalue weighted by molar-refractivity contribution is -0.117. The molecule has 0 aliphatic carbocycles. The number of amides is 1. The molecular weight excluding hydrogens is 278 g/mol.